The summed E-state index contributed by atoms with van der Waals surface area (Å²) in [4.78, 5) is 31.6. The molecule has 8 heteroatoms. The number of ether oxygens (including phenoxy) is 1. The summed E-state index contributed by atoms with van der Waals surface area (Å²) in [5.74, 6) is -0.520. The van der Waals surface area contributed by atoms with Crippen molar-refractivity contribution < 1.29 is 23.8 Å². The Morgan fingerprint density at radius 3 is 2.55 bits per heavy atom. The van der Waals surface area contributed by atoms with E-state index in [4.69, 9.17) is 9.15 Å². The third-order valence-electron chi connectivity index (χ3n) is 4.52. The first-order valence-electron chi connectivity index (χ1n) is 7.30. The highest BCUT2D eigenvalue weighted by atomic mass is 16.5. The average Bonchev–Trinajstić information content (AvgIpc) is 3.16. The molecule has 2 aliphatic heterocycles. The van der Waals surface area contributed by atoms with E-state index in [1.807, 2.05) is 4.90 Å². The highest BCUT2D eigenvalue weighted by Crippen LogP contribution is 2.28. The van der Waals surface area contributed by atoms with Crippen molar-refractivity contribution in [3.8, 4) is 0 Å². The number of oxazole rings is 1. The molecule has 0 spiro atoms. The second-order valence-corrected chi connectivity index (χ2v) is 5.68. The van der Waals surface area contributed by atoms with Crippen LogP contribution in [0.5, 0.6) is 0 Å². The number of carboxylic acids is 1. The molecule has 2 saturated heterocycles. The molecule has 0 aromatic carbocycles. The zero-order valence-corrected chi connectivity index (χ0v) is 12.4. The normalized spacial score (nSPS) is 26.3. The highest BCUT2D eigenvalue weighted by Gasteiger charge is 2.48. The van der Waals surface area contributed by atoms with Crippen molar-refractivity contribution in [2.75, 3.05) is 39.4 Å². The number of nitrogens with zero attached hydrogens (tertiary/aromatic N) is 3. The van der Waals surface area contributed by atoms with Crippen LogP contribution in [0.2, 0.25) is 0 Å². The quantitative estimate of drug-likeness (QED) is 0.838. The van der Waals surface area contributed by atoms with Gasteiger partial charge in [0.05, 0.1) is 6.61 Å². The van der Waals surface area contributed by atoms with Crippen LogP contribution in [-0.2, 0) is 9.53 Å². The Bertz CT molecular complexity index is 571. The number of hydrogen-bond donors (Lipinski definition) is 1. The summed E-state index contributed by atoms with van der Waals surface area (Å²) in [5.41, 5.74) is -0.621. The first-order chi connectivity index (χ1) is 10.5. The molecule has 3 heterocycles. The molecule has 2 aliphatic rings. The molecule has 3 rings (SSSR count). The second-order valence-electron chi connectivity index (χ2n) is 5.68. The summed E-state index contributed by atoms with van der Waals surface area (Å²) in [7, 11) is 0. The zero-order chi connectivity index (χ0) is 15.7. The molecule has 0 radical (unpaired) electrons. The number of aromatic nitrogens is 1. The minimum absolute atomic E-state index is 0.169. The molecule has 120 valence electrons. The summed E-state index contributed by atoms with van der Waals surface area (Å²) >= 11 is 0. The van der Waals surface area contributed by atoms with E-state index in [9.17, 15) is 14.7 Å². The number of carbonyl (C=O) groups excluding carboxylic acids is 1. The Balaban J connectivity index is 1.66. The summed E-state index contributed by atoms with van der Waals surface area (Å²) in [6.45, 7) is 4.34. The molecule has 0 aliphatic carbocycles. The van der Waals surface area contributed by atoms with Crippen LogP contribution in [0.4, 0.5) is 0 Å². The third kappa shape index (κ3) is 2.38. The molecule has 22 heavy (non-hydrogen) atoms. The predicted molar refractivity (Wildman–Crippen MR) is 74.5 cm³/mol. The number of carbonyl (C=O) groups is 2. The van der Waals surface area contributed by atoms with Gasteiger partial charge in [-0.3, -0.25) is 14.5 Å². The van der Waals surface area contributed by atoms with Gasteiger partial charge < -0.3 is 19.2 Å². The van der Waals surface area contributed by atoms with E-state index >= 15 is 0 Å². The molecule has 1 amide bonds. The molecule has 1 N–H and O–H groups in total. The predicted octanol–water partition coefficient (Wildman–Crippen LogP) is -0.0155. The maximum absolute atomic E-state index is 12.4. The lowest BCUT2D eigenvalue weighted by Crippen LogP contribution is -2.62. The first-order valence-corrected chi connectivity index (χ1v) is 7.30. The Kier molecular flexibility index (Phi) is 3.88. The van der Waals surface area contributed by atoms with Crippen molar-refractivity contribution in [3.05, 3.63) is 17.8 Å². The molecule has 1 atom stereocenters. The van der Waals surface area contributed by atoms with E-state index in [0.717, 1.165) is 0 Å². The van der Waals surface area contributed by atoms with Crippen LogP contribution in [0.25, 0.3) is 0 Å². The molecule has 1 unspecified atom stereocenters. The fourth-order valence-corrected chi connectivity index (χ4v) is 3.11. The minimum atomic E-state index is -0.945. The van der Waals surface area contributed by atoms with Gasteiger partial charge in [-0.1, -0.05) is 0 Å². The third-order valence-corrected chi connectivity index (χ3v) is 4.52. The van der Waals surface area contributed by atoms with Crippen molar-refractivity contribution in [2.24, 2.45) is 0 Å². The monoisotopic (exact) mass is 309 g/mol. The fourth-order valence-electron chi connectivity index (χ4n) is 3.11. The van der Waals surface area contributed by atoms with Gasteiger partial charge in [0.15, 0.2) is 12.1 Å². The van der Waals surface area contributed by atoms with E-state index < -0.39 is 11.5 Å². The van der Waals surface area contributed by atoms with Gasteiger partial charge in [0, 0.05) is 39.2 Å². The number of aryl methyl sites for hydroxylation is 1. The van der Waals surface area contributed by atoms with Gasteiger partial charge in [-0.05, 0) is 6.92 Å². The lowest BCUT2D eigenvalue weighted by Gasteiger charge is -2.42. The Labute approximate surface area is 127 Å². The fraction of sp³-hybridized carbons (Fsp3) is 0.643. The van der Waals surface area contributed by atoms with Crippen molar-refractivity contribution in [3.63, 3.8) is 0 Å². The Morgan fingerprint density at radius 1 is 1.32 bits per heavy atom. The van der Waals surface area contributed by atoms with Gasteiger partial charge in [-0.2, -0.15) is 0 Å². The van der Waals surface area contributed by atoms with Crippen molar-refractivity contribution in [1.29, 1.82) is 0 Å². The van der Waals surface area contributed by atoms with E-state index in [2.05, 4.69) is 4.98 Å². The van der Waals surface area contributed by atoms with Crippen molar-refractivity contribution in [2.45, 2.75) is 18.9 Å². The smallest absolute Gasteiger partial charge is 0.326 e. The number of hydrogen-bond acceptors (Lipinski definition) is 6. The van der Waals surface area contributed by atoms with E-state index in [1.165, 1.54) is 6.39 Å². The SMILES string of the molecule is Cc1ocnc1C(=O)N1CCN(C2(C(=O)O)CCOC2)CC1. The molecule has 8 nitrogen and oxygen atoms in total. The first kappa shape index (κ1) is 15.0. The average molecular weight is 309 g/mol. The molecule has 0 saturated carbocycles. The minimum Gasteiger partial charge on any atom is -0.480 e. The van der Waals surface area contributed by atoms with Crippen LogP contribution in [0.3, 0.4) is 0 Å². The lowest BCUT2D eigenvalue weighted by atomic mass is 9.95. The van der Waals surface area contributed by atoms with Crippen LogP contribution < -0.4 is 0 Å². The summed E-state index contributed by atoms with van der Waals surface area (Å²) < 4.78 is 10.4. The van der Waals surface area contributed by atoms with Crippen LogP contribution in [0.1, 0.15) is 22.7 Å². The van der Waals surface area contributed by atoms with Crippen LogP contribution >= 0.6 is 0 Å². The highest BCUT2D eigenvalue weighted by molar-refractivity contribution is 5.93. The van der Waals surface area contributed by atoms with Gasteiger partial charge >= 0.3 is 5.97 Å². The van der Waals surface area contributed by atoms with Gasteiger partial charge in [-0.25, -0.2) is 4.98 Å². The molecule has 0 bridgehead atoms. The number of piperazine rings is 1. The van der Waals surface area contributed by atoms with Crippen molar-refractivity contribution >= 4 is 11.9 Å². The Morgan fingerprint density at radius 2 is 2.05 bits per heavy atom. The van der Waals surface area contributed by atoms with Crippen molar-refractivity contribution in [1.82, 2.24) is 14.8 Å². The number of amides is 1. The van der Waals surface area contributed by atoms with Gasteiger partial charge in [0.2, 0.25) is 0 Å². The topological polar surface area (TPSA) is 96.1 Å². The summed E-state index contributed by atoms with van der Waals surface area (Å²) in [6.07, 6.45) is 1.74. The van der Waals surface area contributed by atoms with Gasteiger partial charge in [0.25, 0.3) is 5.91 Å². The van der Waals surface area contributed by atoms with Gasteiger partial charge in [-0.15, -0.1) is 0 Å². The summed E-state index contributed by atoms with van der Waals surface area (Å²) in [6, 6.07) is 0. The molecule has 1 aromatic rings. The number of carboxylic acid groups (broad SMARTS) is 1. The van der Waals surface area contributed by atoms with E-state index in [0.29, 0.717) is 50.7 Å². The number of aliphatic carboxylic acids is 1. The maximum Gasteiger partial charge on any atom is 0.326 e. The molecular formula is C14H19N3O5. The molecule has 1 aromatic heterocycles. The van der Waals surface area contributed by atoms with E-state index in [-0.39, 0.29) is 12.5 Å². The van der Waals surface area contributed by atoms with Crippen LogP contribution in [0, 0.1) is 6.92 Å². The molecule has 2 fully saturated rings. The molecular weight excluding hydrogens is 290 g/mol. The number of rotatable bonds is 3. The van der Waals surface area contributed by atoms with Crippen LogP contribution in [0.15, 0.2) is 10.8 Å². The largest absolute Gasteiger partial charge is 0.480 e. The standard InChI is InChI=1S/C14H19N3O5/c1-10-11(15-9-22-10)12(18)16-3-5-17(6-4-16)14(13(19)20)2-7-21-8-14/h9H,2-8H2,1H3,(H,19,20). The van der Waals surface area contributed by atoms with E-state index in [1.54, 1.807) is 11.8 Å². The van der Waals surface area contributed by atoms with Crippen LogP contribution in [-0.4, -0.2) is 76.7 Å². The lowest BCUT2D eigenvalue weighted by molar-refractivity contribution is -0.152. The van der Waals surface area contributed by atoms with Gasteiger partial charge in [0.1, 0.15) is 11.3 Å². The maximum atomic E-state index is 12.4. The summed E-state index contributed by atoms with van der Waals surface area (Å²) in [5, 5.41) is 9.55. The Hall–Kier alpha value is -1.93. The second kappa shape index (κ2) is 5.69. The zero-order valence-electron chi connectivity index (χ0n) is 12.4.